The van der Waals surface area contributed by atoms with Crippen molar-refractivity contribution in [2.45, 2.75) is 19.4 Å². The van der Waals surface area contributed by atoms with Crippen molar-refractivity contribution in [1.29, 1.82) is 0 Å². The van der Waals surface area contributed by atoms with Crippen LogP contribution in [0.3, 0.4) is 0 Å². The lowest BCUT2D eigenvalue weighted by molar-refractivity contribution is -0.122. The van der Waals surface area contributed by atoms with Crippen molar-refractivity contribution in [3.05, 3.63) is 59.1 Å². The molecule has 6 heteroatoms. The lowest BCUT2D eigenvalue weighted by Gasteiger charge is -2.18. The van der Waals surface area contributed by atoms with Crippen LogP contribution in [0.25, 0.3) is 0 Å². The fourth-order valence-corrected chi connectivity index (χ4v) is 2.30. The summed E-state index contributed by atoms with van der Waals surface area (Å²) < 4.78 is 10.4. The fraction of sp³-hybridized carbons (Fsp3) is 0.222. The molecule has 24 heavy (non-hydrogen) atoms. The molecule has 1 N–H and O–H groups in total. The van der Waals surface area contributed by atoms with E-state index in [9.17, 15) is 9.59 Å². The Balaban J connectivity index is 2.14. The summed E-state index contributed by atoms with van der Waals surface area (Å²) in [5, 5.41) is 3.24. The first kappa shape index (κ1) is 17.8. The number of halogens is 1. The second kappa shape index (κ2) is 8.36. The number of anilines is 1. The maximum atomic E-state index is 12.5. The third kappa shape index (κ3) is 4.49. The van der Waals surface area contributed by atoms with Crippen LogP contribution in [-0.4, -0.2) is 25.1 Å². The molecule has 1 amide bonds. The third-order valence-corrected chi connectivity index (χ3v) is 3.56. The number of benzene rings is 2. The zero-order chi connectivity index (χ0) is 17.5. The number of ether oxygens (including phenoxy) is 2. The highest BCUT2D eigenvalue weighted by Crippen LogP contribution is 2.21. The molecule has 126 valence electrons. The summed E-state index contributed by atoms with van der Waals surface area (Å²) in [5.41, 5.74) is 0.661. The number of para-hydroxylation sites is 1. The summed E-state index contributed by atoms with van der Waals surface area (Å²) in [6, 6.07) is 13.5. The third-order valence-electron chi connectivity index (χ3n) is 3.33. The summed E-state index contributed by atoms with van der Waals surface area (Å²) in [5.74, 6) is -0.366. The van der Waals surface area contributed by atoms with E-state index < -0.39 is 12.1 Å². The molecule has 0 aliphatic carbocycles. The molecule has 0 aromatic heterocycles. The van der Waals surface area contributed by atoms with Gasteiger partial charge in [0.05, 0.1) is 18.4 Å². The average molecular weight is 348 g/mol. The smallest absolute Gasteiger partial charge is 0.339 e. The average Bonchev–Trinajstić information content (AvgIpc) is 2.59. The Bertz CT molecular complexity index is 732. The van der Waals surface area contributed by atoms with Crippen molar-refractivity contribution in [3.63, 3.8) is 0 Å². The highest BCUT2D eigenvalue weighted by Gasteiger charge is 2.21. The molecule has 0 saturated carbocycles. The van der Waals surface area contributed by atoms with E-state index in [0.717, 1.165) is 0 Å². The second-order valence-electron chi connectivity index (χ2n) is 5.00. The van der Waals surface area contributed by atoms with Gasteiger partial charge >= 0.3 is 5.97 Å². The van der Waals surface area contributed by atoms with Gasteiger partial charge in [0, 0.05) is 5.02 Å². The van der Waals surface area contributed by atoms with Crippen LogP contribution in [0.2, 0.25) is 5.02 Å². The van der Waals surface area contributed by atoms with Crippen molar-refractivity contribution < 1.29 is 19.1 Å². The molecule has 0 bridgehead atoms. The van der Waals surface area contributed by atoms with E-state index >= 15 is 0 Å². The fourth-order valence-electron chi connectivity index (χ4n) is 2.12. The van der Waals surface area contributed by atoms with Gasteiger partial charge in [-0.15, -0.1) is 0 Å². The van der Waals surface area contributed by atoms with Gasteiger partial charge in [-0.1, -0.05) is 36.7 Å². The van der Waals surface area contributed by atoms with Gasteiger partial charge in [-0.25, -0.2) is 4.79 Å². The maximum Gasteiger partial charge on any atom is 0.339 e. The topological polar surface area (TPSA) is 64.6 Å². The van der Waals surface area contributed by atoms with Crippen molar-refractivity contribution in [2.24, 2.45) is 0 Å². The Labute approximate surface area is 145 Å². The van der Waals surface area contributed by atoms with Gasteiger partial charge in [0.2, 0.25) is 0 Å². The van der Waals surface area contributed by atoms with E-state index in [-0.39, 0.29) is 11.5 Å². The van der Waals surface area contributed by atoms with Gasteiger partial charge in [-0.05, 0) is 36.8 Å². The predicted octanol–water partition coefficient (Wildman–Crippen LogP) is 3.92. The molecular weight excluding hydrogens is 330 g/mol. The van der Waals surface area contributed by atoms with Crippen LogP contribution in [0.1, 0.15) is 23.7 Å². The summed E-state index contributed by atoms with van der Waals surface area (Å²) in [6.07, 6.45) is -0.257. The van der Waals surface area contributed by atoms with Crippen LogP contribution >= 0.6 is 11.6 Å². The van der Waals surface area contributed by atoms with E-state index in [1.165, 1.54) is 7.11 Å². The molecule has 5 nitrogen and oxygen atoms in total. The first-order valence-corrected chi connectivity index (χ1v) is 7.83. The van der Waals surface area contributed by atoms with E-state index in [2.05, 4.69) is 5.32 Å². The first-order valence-electron chi connectivity index (χ1n) is 7.45. The van der Waals surface area contributed by atoms with Crippen LogP contribution in [0.5, 0.6) is 5.75 Å². The maximum absolute atomic E-state index is 12.5. The lowest BCUT2D eigenvalue weighted by atomic mass is 10.1. The number of hydrogen-bond donors (Lipinski definition) is 1. The number of carbonyl (C=O) groups is 2. The van der Waals surface area contributed by atoms with E-state index in [1.54, 1.807) is 48.5 Å². The van der Waals surface area contributed by atoms with Crippen LogP contribution in [0, 0.1) is 0 Å². The Kier molecular flexibility index (Phi) is 6.21. The van der Waals surface area contributed by atoms with Gasteiger partial charge in [-0.2, -0.15) is 0 Å². The summed E-state index contributed by atoms with van der Waals surface area (Å²) >= 11 is 5.92. The Hall–Kier alpha value is -2.53. The van der Waals surface area contributed by atoms with Crippen molar-refractivity contribution >= 4 is 29.2 Å². The molecule has 0 heterocycles. The Morgan fingerprint density at radius 3 is 2.58 bits per heavy atom. The molecule has 0 aliphatic heterocycles. The zero-order valence-corrected chi connectivity index (χ0v) is 14.2. The summed E-state index contributed by atoms with van der Waals surface area (Å²) in [4.78, 5) is 24.2. The minimum atomic E-state index is -0.714. The van der Waals surface area contributed by atoms with Gasteiger partial charge < -0.3 is 14.8 Å². The number of amides is 1. The number of nitrogens with one attached hydrogen (secondary N) is 1. The van der Waals surface area contributed by atoms with Crippen LogP contribution < -0.4 is 10.1 Å². The van der Waals surface area contributed by atoms with Crippen LogP contribution in [0.4, 0.5) is 5.69 Å². The lowest BCUT2D eigenvalue weighted by Crippen LogP contribution is -2.33. The molecule has 0 spiro atoms. The van der Waals surface area contributed by atoms with Gasteiger partial charge in [-0.3, -0.25) is 4.79 Å². The Morgan fingerprint density at radius 1 is 1.17 bits per heavy atom. The number of esters is 1. The Morgan fingerprint density at radius 2 is 1.92 bits per heavy atom. The molecule has 1 atom stereocenters. The monoisotopic (exact) mass is 347 g/mol. The van der Waals surface area contributed by atoms with Crippen LogP contribution in [0.15, 0.2) is 48.5 Å². The van der Waals surface area contributed by atoms with Gasteiger partial charge in [0.1, 0.15) is 5.75 Å². The highest BCUT2D eigenvalue weighted by atomic mass is 35.5. The molecule has 0 fully saturated rings. The molecule has 0 radical (unpaired) electrons. The molecule has 2 rings (SSSR count). The predicted molar refractivity (Wildman–Crippen MR) is 92.6 cm³/mol. The molecule has 1 unspecified atom stereocenters. The molecule has 0 saturated heterocycles. The van der Waals surface area contributed by atoms with E-state index in [1.807, 2.05) is 6.92 Å². The largest absolute Gasteiger partial charge is 0.481 e. The molecule has 0 aliphatic rings. The minimum absolute atomic E-state index is 0.283. The van der Waals surface area contributed by atoms with Crippen LogP contribution in [-0.2, 0) is 9.53 Å². The van der Waals surface area contributed by atoms with Crippen molar-refractivity contribution in [2.75, 3.05) is 12.4 Å². The minimum Gasteiger partial charge on any atom is -0.481 e. The summed E-state index contributed by atoms with van der Waals surface area (Å²) in [7, 11) is 1.29. The quantitative estimate of drug-likeness (QED) is 0.804. The normalized spacial score (nSPS) is 11.5. The zero-order valence-electron chi connectivity index (χ0n) is 13.4. The number of methoxy groups -OCH3 is 1. The van der Waals surface area contributed by atoms with E-state index in [4.69, 9.17) is 21.1 Å². The van der Waals surface area contributed by atoms with Crippen molar-refractivity contribution in [1.82, 2.24) is 0 Å². The molecule has 2 aromatic rings. The van der Waals surface area contributed by atoms with Gasteiger partial charge in [0.15, 0.2) is 6.10 Å². The number of carbonyl (C=O) groups excluding carboxylic acids is 2. The summed E-state index contributed by atoms with van der Waals surface area (Å²) in [6.45, 7) is 1.83. The SMILES string of the molecule is CCC(Oc1cccc(Cl)c1)C(=O)Nc1ccccc1C(=O)OC. The molecular formula is C18H18ClNO4. The van der Waals surface area contributed by atoms with E-state index in [0.29, 0.717) is 22.9 Å². The van der Waals surface area contributed by atoms with Crippen molar-refractivity contribution in [3.8, 4) is 5.75 Å². The first-order chi connectivity index (χ1) is 11.5. The standard InChI is InChI=1S/C18H18ClNO4/c1-3-16(24-13-8-6-7-12(19)11-13)17(21)20-15-10-5-4-9-14(15)18(22)23-2/h4-11,16H,3H2,1-2H3,(H,20,21). The highest BCUT2D eigenvalue weighted by molar-refractivity contribution is 6.30. The van der Waals surface area contributed by atoms with Gasteiger partial charge in [0.25, 0.3) is 5.91 Å². The molecule has 2 aromatic carbocycles. The second-order valence-corrected chi connectivity index (χ2v) is 5.43. The number of hydrogen-bond acceptors (Lipinski definition) is 4. The number of rotatable bonds is 6.